The molecule has 0 fully saturated rings. The molecule has 0 aliphatic rings. The number of hydrogen-bond donors (Lipinski definition) is 4. The Balaban J connectivity index is 2.88. The quantitative estimate of drug-likeness (QED) is 0.450. The van der Waals surface area contributed by atoms with Crippen LogP contribution in [0.3, 0.4) is 0 Å². The van der Waals surface area contributed by atoms with Gasteiger partial charge in [0.25, 0.3) is 5.91 Å². The van der Waals surface area contributed by atoms with Gasteiger partial charge >= 0.3 is 0 Å². The molecule has 1 aromatic carbocycles. The molecule has 4 N–H and O–H groups in total. The highest BCUT2D eigenvalue weighted by atomic mass is 16.5. The van der Waals surface area contributed by atoms with E-state index in [0.717, 1.165) is 5.56 Å². The van der Waals surface area contributed by atoms with Gasteiger partial charge in [0.2, 0.25) is 17.5 Å². The van der Waals surface area contributed by atoms with Gasteiger partial charge in [-0.1, -0.05) is 32.9 Å². The van der Waals surface area contributed by atoms with Crippen molar-refractivity contribution in [3.63, 3.8) is 0 Å². The van der Waals surface area contributed by atoms with E-state index in [9.17, 15) is 14.4 Å². The summed E-state index contributed by atoms with van der Waals surface area (Å²) in [6.07, 6.45) is 0.203. The van der Waals surface area contributed by atoms with E-state index >= 15 is 0 Å². The molecule has 0 saturated heterocycles. The summed E-state index contributed by atoms with van der Waals surface area (Å²) >= 11 is 0. The molecule has 0 spiro atoms. The van der Waals surface area contributed by atoms with Crippen molar-refractivity contribution < 1.29 is 24.2 Å². The first-order valence-corrected chi connectivity index (χ1v) is 9.46. The van der Waals surface area contributed by atoms with Crippen molar-refractivity contribution in [2.45, 2.75) is 59.4 Å². The Morgan fingerprint density at radius 3 is 2.18 bits per heavy atom. The van der Waals surface area contributed by atoms with Crippen molar-refractivity contribution in [2.24, 2.45) is 5.92 Å². The van der Waals surface area contributed by atoms with Crippen LogP contribution in [0.25, 0.3) is 0 Å². The average molecular weight is 393 g/mol. The van der Waals surface area contributed by atoms with Gasteiger partial charge in [-0.05, 0) is 31.5 Å². The van der Waals surface area contributed by atoms with Crippen LogP contribution < -0.4 is 16.0 Å². The van der Waals surface area contributed by atoms with Gasteiger partial charge in [0.15, 0.2) is 0 Å². The SMILES string of the molecule is CCOC(NC(=O)CC)(C(=O)NC(C)C(=O)Nc1ccc(CO)cc1)C(C)C. The lowest BCUT2D eigenvalue weighted by Crippen LogP contribution is -2.65. The van der Waals surface area contributed by atoms with Gasteiger partial charge in [-0.25, -0.2) is 0 Å². The lowest BCUT2D eigenvalue weighted by atomic mass is 9.97. The Hall–Kier alpha value is -2.45. The maximum atomic E-state index is 12.9. The topological polar surface area (TPSA) is 117 Å². The van der Waals surface area contributed by atoms with E-state index in [-0.39, 0.29) is 31.5 Å². The van der Waals surface area contributed by atoms with Crippen LogP contribution in [0.15, 0.2) is 24.3 Å². The summed E-state index contributed by atoms with van der Waals surface area (Å²) in [5, 5.41) is 17.1. The Morgan fingerprint density at radius 2 is 1.71 bits per heavy atom. The second kappa shape index (κ2) is 10.8. The molecule has 156 valence electrons. The molecule has 3 amide bonds. The summed E-state index contributed by atoms with van der Waals surface area (Å²) < 4.78 is 5.65. The minimum Gasteiger partial charge on any atom is -0.392 e. The zero-order valence-corrected chi connectivity index (χ0v) is 17.2. The fraction of sp³-hybridized carbons (Fsp3) is 0.550. The maximum absolute atomic E-state index is 12.9. The van der Waals surface area contributed by atoms with E-state index in [4.69, 9.17) is 9.84 Å². The van der Waals surface area contributed by atoms with Crippen LogP contribution in [-0.2, 0) is 25.7 Å². The molecule has 1 rings (SSSR count). The van der Waals surface area contributed by atoms with Crippen LogP contribution in [-0.4, -0.2) is 41.2 Å². The summed E-state index contributed by atoms with van der Waals surface area (Å²) in [5.74, 6) is -1.67. The fourth-order valence-electron chi connectivity index (χ4n) is 2.57. The number of anilines is 1. The number of hydrogen-bond acceptors (Lipinski definition) is 5. The number of aliphatic hydroxyl groups excluding tert-OH is 1. The zero-order valence-electron chi connectivity index (χ0n) is 17.2. The first kappa shape index (κ1) is 23.6. The highest BCUT2D eigenvalue weighted by Crippen LogP contribution is 2.20. The minimum absolute atomic E-state index is 0.0844. The summed E-state index contributed by atoms with van der Waals surface area (Å²) in [6, 6.07) is 5.86. The van der Waals surface area contributed by atoms with Crippen molar-refractivity contribution in [3.8, 4) is 0 Å². The smallest absolute Gasteiger partial charge is 0.274 e. The molecule has 0 saturated carbocycles. The highest BCUT2D eigenvalue weighted by Gasteiger charge is 2.44. The number of rotatable bonds is 10. The predicted molar refractivity (Wildman–Crippen MR) is 106 cm³/mol. The van der Waals surface area contributed by atoms with E-state index < -0.39 is 23.6 Å². The molecule has 0 aliphatic carbocycles. The van der Waals surface area contributed by atoms with Crippen LogP contribution in [0.2, 0.25) is 0 Å². The van der Waals surface area contributed by atoms with E-state index in [1.807, 2.05) is 0 Å². The molecule has 28 heavy (non-hydrogen) atoms. The largest absolute Gasteiger partial charge is 0.392 e. The summed E-state index contributed by atoms with van der Waals surface area (Å²) in [6.45, 7) is 8.62. The number of aliphatic hydroxyl groups is 1. The Bertz CT molecular complexity index is 675. The Kier molecular flexibility index (Phi) is 9.08. The molecule has 0 aliphatic heterocycles. The number of carbonyl (C=O) groups is 3. The van der Waals surface area contributed by atoms with Gasteiger partial charge in [-0.15, -0.1) is 0 Å². The second-order valence-corrected chi connectivity index (χ2v) is 6.76. The van der Waals surface area contributed by atoms with E-state index in [0.29, 0.717) is 5.69 Å². The Labute approximate surface area is 166 Å². The molecule has 0 radical (unpaired) electrons. The van der Waals surface area contributed by atoms with Gasteiger partial charge < -0.3 is 25.8 Å². The molecular formula is C20H31N3O5. The van der Waals surface area contributed by atoms with Crippen LogP contribution in [0.4, 0.5) is 5.69 Å². The first-order valence-electron chi connectivity index (χ1n) is 9.46. The van der Waals surface area contributed by atoms with Crippen molar-refractivity contribution in [2.75, 3.05) is 11.9 Å². The summed E-state index contributed by atoms with van der Waals surface area (Å²) in [7, 11) is 0. The minimum atomic E-state index is -1.56. The third-order valence-corrected chi connectivity index (χ3v) is 4.31. The maximum Gasteiger partial charge on any atom is 0.274 e. The van der Waals surface area contributed by atoms with Crippen LogP contribution >= 0.6 is 0 Å². The second-order valence-electron chi connectivity index (χ2n) is 6.76. The van der Waals surface area contributed by atoms with Crippen LogP contribution in [0.1, 0.15) is 46.6 Å². The van der Waals surface area contributed by atoms with Crippen molar-refractivity contribution >= 4 is 23.4 Å². The monoisotopic (exact) mass is 393 g/mol. The Morgan fingerprint density at radius 1 is 1.11 bits per heavy atom. The molecule has 0 heterocycles. The van der Waals surface area contributed by atoms with Gasteiger partial charge in [-0.3, -0.25) is 14.4 Å². The van der Waals surface area contributed by atoms with Crippen molar-refractivity contribution in [3.05, 3.63) is 29.8 Å². The zero-order chi connectivity index (χ0) is 21.3. The molecule has 8 heteroatoms. The third-order valence-electron chi connectivity index (χ3n) is 4.31. The molecule has 2 unspecified atom stereocenters. The van der Waals surface area contributed by atoms with Gasteiger partial charge in [0.05, 0.1) is 6.61 Å². The molecule has 0 aromatic heterocycles. The first-order chi connectivity index (χ1) is 13.2. The van der Waals surface area contributed by atoms with Gasteiger partial charge in [-0.2, -0.15) is 0 Å². The normalized spacial score (nSPS) is 14.1. The van der Waals surface area contributed by atoms with E-state index in [1.165, 1.54) is 0 Å². The van der Waals surface area contributed by atoms with Crippen molar-refractivity contribution in [1.82, 2.24) is 10.6 Å². The fourth-order valence-corrected chi connectivity index (χ4v) is 2.57. The average Bonchev–Trinajstić information content (AvgIpc) is 2.67. The number of nitrogens with one attached hydrogen (secondary N) is 3. The van der Waals surface area contributed by atoms with Crippen molar-refractivity contribution in [1.29, 1.82) is 0 Å². The molecule has 8 nitrogen and oxygen atoms in total. The third kappa shape index (κ3) is 6.03. The van der Waals surface area contributed by atoms with E-state index in [1.54, 1.807) is 58.9 Å². The van der Waals surface area contributed by atoms with Crippen LogP contribution in [0.5, 0.6) is 0 Å². The summed E-state index contributed by atoms with van der Waals surface area (Å²) in [4.78, 5) is 37.3. The number of carbonyl (C=O) groups excluding carboxylic acids is 3. The number of benzene rings is 1. The predicted octanol–water partition coefficient (Wildman–Crippen LogP) is 1.54. The highest BCUT2D eigenvalue weighted by molar-refractivity contribution is 5.99. The molecule has 0 bridgehead atoms. The lowest BCUT2D eigenvalue weighted by Gasteiger charge is -2.37. The standard InChI is InChI=1S/C20H31N3O5/c1-6-17(25)23-20(13(3)4,28-7-2)19(27)21-14(5)18(26)22-16-10-8-15(12-24)9-11-16/h8-11,13-14,24H,6-7,12H2,1-5H3,(H,21,27)(H,22,26)(H,23,25). The number of amides is 3. The van der Waals surface area contributed by atoms with Crippen LogP contribution in [0, 0.1) is 5.92 Å². The van der Waals surface area contributed by atoms with Gasteiger partial charge in [0, 0.05) is 24.6 Å². The molecular weight excluding hydrogens is 362 g/mol. The molecule has 2 atom stereocenters. The van der Waals surface area contributed by atoms with E-state index in [2.05, 4.69) is 16.0 Å². The summed E-state index contributed by atoms with van der Waals surface area (Å²) in [5.41, 5.74) is -0.286. The number of ether oxygens (including phenoxy) is 1. The lowest BCUT2D eigenvalue weighted by molar-refractivity contribution is -0.166. The molecule has 1 aromatic rings. The van der Waals surface area contributed by atoms with Gasteiger partial charge in [0.1, 0.15) is 6.04 Å².